The van der Waals surface area contributed by atoms with E-state index in [1.807, 2.05) is 0 Å². The van der Waals surface area contributed by atoms with E-state index < -0.39 is 16.9 Å². The number of carbonyl (C=O) groups is 1. The minimum atomic E-state index is -0.852. The van der Waals surface area contributed by atoms with E-state index in [9.17, 15) is 4.79 Å². The molecule has 1 atom stereocenters. The van der Waals surface area contributed by atoms with Crippen molar-refractivity contribution in [3.05, 3.63) is 23.8 Å². The summed E-state index contributed by atoms with van der Waals surface area (Å²) in [5.74, 6) is 0.812. The normalized spacial score (nSPS) is 15.8. The summed E-state index contributed by atoms with van der Waals surface area (Å²) in [7, 11) is 0. The molecule has 1 aliphatic heterocycles. The molecule has 0 fully saturated rings. The number of fused-ring (bicyclic) bond motifs is 1. The van der Waals surface area contributed by atoms with Gasteiger partial charge in [-0.2, -0.15) is 0 Å². The van der Waals surface area contributed by atoms with Crippen LogP contribution in [-0.2, 0) is 9.53 Å². The molecule has 19 heavy (non-hydrogen) atoms. The summed E-state index contributed by atoms with van der Waals surface area (Å²) in [6.45, 7) is 6.44. The summed E-state index contributed by atoms with van der Waals surface area (Å²) in [4.78, 5) is 11.9. The summed E-state index contributed by atoms with van der Waals surface area (Å²) in [6, 6.07) is 5.22. The molecular weight excluding hydrogens is 268 g/mol. The van der Waals surface area contributed by atoms with Gasteiger partial charge >= 0.3 is 5.97 Å². The fourth-order valence-electron chi connectivity index (χ4n) is 1.71. The van der Waals surface area contributed by atoms with Crippen LogP contribution in [0, 0.1) is 0 Å². The summed E-state index contributed by atoms with van der Waals surface area (Å²) in [5.41, 5.74) is 0.0815. The van der Waals surface area contributed by atoms with E-state index in [4.69, 9.17) is 25.8 Å². The highest BCUT2D eigenvalue weighted by molar-refractivity contribution is 6.30. The number of hydrogen-bond donors (Lipinski definition) is 0. The minimum Gasteiger partial charge on any atom is -0.486 e. The largest absolute Gasteiger partial charge is 0.486 e. The van der Waals surface area contributed by atoms with Crippen molar-refractivity contribution in [1.82, 2.24) is 0 Å². The minimum absolute atomic E-state index is 0.467. The number of benzene rings is 1. The first kappa shape index (κ1) is 14.0. The third-order valence-corrected chi connectivity index (χ3v) is 2.90. The second kappa shape index (κ2) is 5.29. The summed E-state index contributed by atoms with van der Waals surface area (Å²) >= 11 is 6.13. The van der Waals surface area contributed by atoms with Gasteiger partial charge in [0.1, 0.15) is 18.8 Å². The first-order chi connectivity index (χ1) is 8.87. The molecule has 2 rings (SSSR count). The van der Waals surface area contributed by atoms with E-state index in [0.717, 1.165) is 0 Å². The van der Waals surface area contributed by atoms with Crippen LogP contribution >= 0.6 is 11.6 Å². The SMILES string of the molecule is CC(C)(C)OC(=O)C(Cl)c1ccc2c(c1)OCCO2. The van der Waals surface area contributed by atoms with E-state index in [0.29, 0.717) is 30.3 Å². The molecule has 1 aromatic rings. The molecule has 0 N–H and O–H groups in total. The fourth-order valence-corrected chi connectivity index (χ4v) is 1.89. The van der Waals surface area contributed by atoms with Crippen LogP contribution in [0.4, 0.5) is 0 Å². The molecule has 4 nitrogen and oxygen atoms in total. The molecule has 0 saturated carbocycles. The highest BCUT2D eigenvalue weighted by Crippen LogP contribution is 2.35. The fraction of sp³-hybridized carbons (Fsp3) is 0.500. The van der Waals surface area contributed by atoms with Gasteiger partial charge in [0.2, 0.25) is 0 Å². The average molecular weight is 285 g/mol. The second-order valence-electron chi connectivity index (χ2n) is 5.30. The Kier molecular flexibility index (Phi) is 3.90. The third kappa shape index (κ3) is 3.53. The molecule has 0 bridgehead atoms. The van der Waals surface area contributed by atoms with Crippen molar-refractivity contribution < 1.29 is 19.0 Å². The van der Waals surface area contributed by atoms with Gasteiger partial charge in [-0.1, -0.05) is 6.07 Å². The number of alkyl halides is 1. The summed E-state index contributed by atoms with van der Waals surface area (Å²) in [5, 5.41) is -0.852. The van der Waals surface area contributed by atoms with Gasteiger partial charge in [0.25, 0.3) is 0 Å². The van der Waals surface area contributed by atoms with E-state index >= 15 is 0 Å². The van der Waals surface area contributed by atoms with Gasteiger partial charge in [0.05, 0.1) is 0 Å². The number of rotatable bonds is 2. The van der Waals surface area contributed by atoms with Crippen molar-refractivity contribution >= 4 is 17.6 Å². The van der Waals surface area contributed by atoms with Crippen molar-refractivity contribution in [3.8, 4) is 11.5 Å². The Morgan fingerprint density at radius 3 is 2.53 bits per heavy atom. The second-order valence-corrected chi connectivity index (χ2v) is 5.74. The van der Waals surface area contributed by atoms with Gasteiger partial charge in [-0.25, -0.2) is 0 Å². The maximum absolute atomic E-state index is 11.9. The predicted molar refractivity (Wildman–Crippen MR) is 71.9 cm³/mol. The molecule has 1 aliphatic rings. The number of carbonyl (C=O) groups excluding carboxylic acids is 1. The van der Waals surface area contributed by atoms with E-state index in [1.54, 1.807) is 39.0 Å². The molecule has 0 aromatic heterocycles. The van der Waals surface area contributed by atoms with Crippen LogP contribution in [0.3, 0.4) is 0 Å². The smallest absolute Gasteiger partial charge is 0.329 e. The predicted octanol–water partition coefficient (Wildman–Crippen LogP) is 3.08. The van der Waals surface area contributed by atoms with E-state index in [2.05, 4.69) is 0 Å². The zero-order valence-electron chi connectivity index (χ0n) is 11.2. The lowest BCUT2D eigenvalue weighted by Crippen LogP contribution is -2.26. The summed E-state index contributed by atoms with van der Waals surface area (Å²) < 4.78 is 16.1. The van der Waals surface area contributed by atoms with Crippen LogP contribution in [-0.4, -0.2) is 24.8 Å². The molecule has 1 unspecified atom stereocenters. The van der Waals surface area contributed by atoms with Gasteiger partial charge in [-0.05, 0) is 38.5 Å². The molecule has 5 heteroatoms. The van der Waals surface area contributed by atoms with E-state index in [-0.39, 0.29) is 0 Å². The van der Waals surface area contributed by atoms with Crippen LogP contribution < -0.4 is 9.47 Å². The van der Waals surface area contributed by atoms with Gasteiger partial charge in [-0.3, -0.25) is 4.79 Å². The molecular formula is C14H17ClO4. The molecule has 0 aliphatic carbocycles. The van der Waals surface area contributed by atoms with Crippen molar-refractivity contribution in [1.29, 1.82) is 0 Å². The number of ether oxygens (including phenoxy) is 3. The highest BCUT2D eigenvalue weighted by atomic mass is 35.5. The topological polar surface area (TPSA) is 44.8 Å². The lowest BCUT2D eigenvalue weighted by molar-refractivity contribution is -0.154. The number of hydrogen-bond acceptors (Lipinski definition) is 4. The van der Waals surface area contributed by atoms with Crippen LogP contribution in [0.5, 0.6) is 11.5 Å². The Labute approximate surface area is 117 Å². The molecule has 1 heterocycles. The highest BCUT2D eigenvalue weighted by Gasteiger charge is 2.26. The maximum Gasteiger partial charge on any atom is 0.329 e. The maximum atomic E-state index is 11.9. The van der Waals surface area contributed by atoms with Crippen LogP contribution in [0.1, 0.15) is 31.7 Å². The lowest BCUT2D eigenvalue weighted by Gasteiger charge is -2.23. The van der Waals surface area contributed by atoms with E-state index in [1.165, 1.54) is 0 Å². The van der Waals surface area contributed by atoms with Gasteiger partial charge in [0, 0.05) is 0 Å². The quantitative estimate of drug-likeness (QED) is 0.618. The van der Waals surface area contributed by atoms with Gasteiger partial charge < -0.3 is 14.2 Å². The van der Waals surface area contributed by atoms with Crippen LogP contribution in [0.2, 0.25) is 0 Å². The molecule has 104 valence electrons. The standard InChI is InChI=1S/C14H17ClO4/c1-14(2,3)19-13(16)12(15)9-4-5-10-11(8-9)18-7-6-17-10/h4-5,8,12H,6-7H2,1-3H3. The zero-order valence-corrected chi connectivity index (χ0v) is 12.0. The zero-order chi connectivity index (χ0) is 14.0. The Morgan fingerprint density at radius 1 is 1.26 bits per heavy atom. The Balaban J connectivity index is 2.15. The van der Waals surface area contributed by atoms with Gasteiger partial charge in [0.15, 0.2) is 16.9 Å². The summed E-state index contributed by atoms with van der Waals surface area (Å²) in [6.07, 6.45) is 0. The first-order valence-corrected chi connectivity index (χ1v) is 6.57. The molecule has 1 aromatic carbocycles. The van der Waals surface area contributed by atoms with Crippen molar-refractivity contribution in [2.24, 2.45) is 0 Å². The van der Waals surface area contributed by atoms with Crippen molar-refractivity contribution in [3.63, 3.8) is 0 Å². The van der Waals surface area contributed by atoms with Gasteiger partial charge in [-0.15, -0.1) is 11.6 Å². The first-order valence-electron chi connectivity index (χ1n) is 6.13. The third-order valence-electron chi connectivity index (χ3n) is 2.47. The van der Waals surface area contributed by atoms with Crippen molar-refractivity contribution in [2.75, 3.05) is 13.2 Å². The Bertz CT molecular complexity index is 479. The van der Waals surface area contributed by atoms with Crippen LogP contribution in [0.25, 0.3) is 0 Å². The van der Waals surface area contributed by atoms with Crippen LogP contribution in [0.15, 0.2) is 18.2 Å². The molecule has 0 saturated heterocycles. The molecule has 0 radical (unpaired) electrons. The Hall–Kier alpha value is -1.42. The molecule has 0 amide bonds. The molecule has 0 spiro atoms. The Morgan fingerprint density at radius 2 is 1.89 bits per heavy atom. The lowest BCUT2D eigenvalue weighted by atomic mass is 10.1. The van der Waals surface area contributed by atoms with Crippen molar-refractivity contribution in [2.45, 2.75) is 31.7 Å². The number of esters is 1. The average Bonchev–Trinajstić information content (AvgIpc) is 2.35. The monoisotopic (exact) mass is 284 g/mol. The number of halogens is 1.